The molecule has 186 valence electrons. The first-order valence-corrected chi connectivity index (χ1v) is 11.2. The lowest BCUT2D eigenvalue weighted by atomic mass is 10.0. The Balaban J connectivity index is 1.22. The summed E-state index contributed by atoms with van der Waals surface area (Å²) in [6.07, 6.45) is 3.27. The van der Waals surface area contributed by atoms with Gasteiger partial charge >= 0.3 is 0 Å². The van der Waals surface area contributed by atoms with Gasteiger partial charge in [0, 0.05) is 17.8 Å². The van der Waals surface area contributed by atoms with Gasteiger partial charge in [-0.1, -0.05) is 54.6 Å². The molecule has 0 atom stereocenters. The number of carbonyl (C=O) groups excluding carboxylic acids is 1. The van der Waals surface area contributed by atoms with Gasteiger partial charge in [0.15, 0.2) is 17.4 Å². The largest absolute Gasteiger partial charge is 0.483 e. The van der Waals surface area contributed by atoms with Crippen molar-refractivity contribution in [1.29, 1.82) is 0 Å². The minimum absolute atomic E-state index is 0.109. The minimum atomic E-state index is -1.61. The van der Waals surface area contributed by atoms with E-state index in [1.165, 1.54) is 24.3 Å². The van der Waals surface area contributed by atoms with Crippen LogP contribution in [0.5, 0.6) is 5.75 Å². The Bertz CT molecular complexity index is 1570. The van der Waals surface area contributed by atoms with E-state index in [1.54, 1.807) is 17.1 Å². The molecule has 0 bridgehead atoms. The van der Waals surface area contributed by atoms with E-state index in [-0.39, 0.29) is 18.6 Å². The van der Waals surface area contributed by atoms with E-state index in [4.69, 9.17) is 4.74 Å². The van der Waals surface area contributed by atoms with Gasteiger partial charge in [-0.3, -0.25) is 9.48 Å². The monoisotopic (exact) mass is 505 g/mol. The lowest BCUT2D eigenvalue weighted by molar-refractivity contribution is 0.102. The number of hydrogen-bond donors (Lipinski definition) is 1. The van der Waals surface area contributed by atoms with Crippen molar-refractivity contribution in [1.82, 2.24) is 9.78 Å². The Morgan fingerprint density at radius 2 is 1.59 bits per heavy atom. The molecular weight excluding hydrogens is 486 g/mol. The summed E-state index contributed by atoms with van der Waals surface area (Å²) >= 11 is 0. The molecule has 0 aliphatic heterocycles. The number of ether oxygens (including phenoxy) is 1. The number of carbonyl (C=O) groups is 1. The number of fused-ring (bicyclic) bond motifs is 1. The molecular formula is C28H19F4N3O2. The van der Waals surface area contributed by atoms with Crippen molar-refractivity contribution in [3.63, 3.8) is 0 Å². The fraction of sp³-hybridized carbons (Fsp3) is 0.0714. The summed E-state index contributed by atoms with van der Waals surface area (Å²) in [5.74, 6) is -7.86. The summed E-state index contributed by atoms with van der Waals surface area (Å²) in [6.45, 7) is 0.169. The number of rotatable bonds is 7. The van der Waals surface area contributed by atoms with Crippen LogP contribution in [0.25, 0.3) is 10.8 Å². The van der Waals surface area contributed by atoms with Gasteiger partial charge in [0.1, 0.15) is 6.61 Å². The average Bonchev–Trinajstić information content (AvgIpc) is 3.34. The Hall–Kier alpha value is -4.66. The summed E-state index contributed by atoms with van der Waals surface area (Å²) < 4.78 is 60.8. The Kier molecular flexibility index (Phi) is 6.59. The van der Waals surface area contributed by atoms with Gasteiger partial charge in [-0.25, -0.2) is 8.78 Å². The first kappa shape index (κ1) is 24.1. The average molecular weight is 505 g/mol. The number of nitrogens with zero attached hydrogens (tertiary/aromatic N) is 2. The summed E-state index contributed by atoms with van der Waals surface area (Å²) in [5, 5.41) is 9.36. The number of nitrogens with one attached hydrogen (secondary N) is 1. The molecule has 0 radical (unpaired) electrons. The molecule has 9 heteroatoms. The number of amides is 1. The first-order valence-electron chi connectivity index (χ1n) is 11.2. The van der Waals surface area contributed by atoms with Crippen molar-refractivity contribution in [2.45, 2.75) is 13.2 Å². The number of halogens is 4. The Labute approximate surface area is 208 Å². The van der Waals surface area contributed by atoms with Gasteiger partial charge in [0.25, 0.3) is 5.91 Å². The SMILES string of the molecule is O=C(Nc1cnn(Cc2cccc3ccccc23)c1)c1ccc(COc2c(F)c(F)cc(F)c2F)cc1. The van der Waals surface area contributed by atoms with Gasteiger partial charge in [-0.05, 0) is 34.0 Å². The molecule has 1 aromatic heterocycles. The zero-order valence-corrected chi connectivity index (χ0v) is 19.2. The molecule has 0 saturated heterocycles. The molecule has 1 amide bonds. The lowest BCUT2D eigenvalue weighted by Crippen LogP contribution is -2.11. The van der Waals surface area contributed by atoms with Crippen LogP contribution in [-0.4, -0.2) is 15.7 Å². The van der Waals surface area contributed by atoms with Crippen LogP contribution in [0.2, 0.25) is 0 Å². The third kappa shape index (κ3) is 5.16. The molecule has 1 N–H and O–H groups in total. The maximum Gasteiger partial charge on any atom is 0.255 e. The van der Waals surface area contributed by atoms with Gasteiger partial charge in [-0.2, -0.15) is 13.9 Å². The van der Waals surface area contributed by atoms with E-state index in [1.807, 2.05) is 36.4 Å². The smallest absolute Gasteiger partial charge is 0.255 e. The predicted octanol–water partition coefficient (Wildman–Crippen LogP) is 6.47. The van der Waals surface area contributed by atoms with E-state index in [2.05, 4.69) is 16.5 Å². The van der Waals surface area contributed by atoms with Crippen LogP contribution < -0.4 is 10.1 Å². The van der Waals surface area contributed by atoms with Crippen molar-refractivity contribution < 1.29 is 27.1 Å². The van der Waals surface area contributed by atoms with Crippen LogP contribution in [-0.2, 0) is 13.2 Å². The highest BCUT2D eigenvalue weighted by molar-refractivity contribution is 6.04. The second-order valence-corrected chi connectivity index (χ2v) is 8.30. The zero-order valence-electron chi connectivity index (χ0n) is 19.2. The molecule has 0 aliphatic carbocycles. The highest BCUT2D eigenvalue weighted by atomic mass is 19.2. The van der Waals surface area contributed by atoms with Crippen LogP contribution in [0.15, 0.2) is 85.2 Å². The minimum Gasteiger partial charge on any atom is -0.483 e. The standard InChI is InChI=1S/C28H19F4N3O2/c29-23-12-24(30)26(32)27(25(23)31)37-16-17-8-10-19(11-9-17)28(36)34-21-13-33-35(15-21)14-20-6-3-5-18-4-1-2-7-22(18)20/h1-13,15H,14,16H2,(H,34,36). The van der Waals surface area contributed by atoms with E-state index >= 15 is 0 Å². The molecule has 0 saturated carbocycles. The van der Waals surface area contributed by atoms with Crippen LogP contribution >= 0.6 is 0 Å². The molecule has 4 aromatic carbocycles. The lowest BCUT2D eigenvalue weighted by Gasteiger charge is -2.10. The second-order valence-electron chi connectivity index (χ2n) is 8.30. The molecule has 5 rings (SSSR count). The molecule has 5 nitrogen and oxygen atoms in total. The molecule has 0 unspecified atom stereocenters. The van der Waals surface area contributed by atoms with Gasteiger partial charge in [0.05, 0.1) is 18.4 Å². The fourth-order valence-electron chi connectivity index (χ4n) is 3.91. The molecule has 5 aromatic rings. The van der Waals surface area contributed by atoms with E-state index in [9.17, 15) is 22.4 Å². The quantitative estimate of drug-likeness (QED) is 0.204. The first-order chi connectivity index (χ1) is 17.9. The molecule has 0 fully saturated rings. The third-order valence-electron chi connectivity index (χ3n) is 5.77. The maximum atomic E-state index is 13.7. The maximum absolute atomic E-state index is 13.7. The van der Waals surface area contributed by atoms with Gasteiger partial charge < -0.3 is 10.1 Å². The van der Waals surface area contributed by atoms with Crippen molar-refractivity contribution in [2.24, 2.45) is 0 Å². The third-order valence-corrected chi connectivity index (χ3v) is 5.77. The summed E-state index contributed by atoms with van der Waals surface area (Å²) in [7, 11) is 0. The predicted molar refractivity (Wildman–Crippen MR) is 130 cm³/mol. The molecule has 0 aliphatic rings. The molecule has 37 heavy (non-hydrogen) atoms. The van der Waals surface area contributed by atoms with Gasteiger partial charge in [-0.15, -0.1) is 0 Å². The van der Waals surface area contributed by atoms with Crippen LogP contribution in [0.4, 0.5) is 23.2 Å². The van der Waals surface area contributed by atoms with Crippen LogP contribution in [0, 0.1) is 23.3 Å². The van der Waals surface area contributed by atoms with Crippen LogP contribution in [0.1, 0.15) is 21.5 Å². The summed E-state index contributed by atoms with van der Waals surface area (Å²) in [6, 6.07) is 20.2. The topological polar surface area (TPSA) is 56.2 Å². The Morgan fingerprint density at radius 3 is 2.35 bits per heavy atom. The Morgan fingerprint density at radius 1 is 0.892 bits per heavy atom. The fourth-order valence-corrected chi connectivity index (χ4v) is 3.91. The molecule has 0 spiro atoms. The summed E-state index contributed by atoms with van der Waals surface area (Å²) in [5.41, 5.74) is 2.36. The van der Waals surface area contributed by atoms with Crippen molar-refractivity contribution in [3.8, 4) is 5.75 Å². The van der Waals surface area contributed by atoms with Gasteiger partial charge in [0.2, 0.25) is 11.6 Å². The van der Waals surface area contributed by atoms with Crippen LogP contribution in [0.3, 0.4) is 0 Å². The number of anilines is 1. The van der Waals surface area contributed by atoms with E-state index < -0.39 is 29.0 Å². The van der Waals surface area contributed by atoms with Crippen molar-refractivity contribution in [3.05, 3.63) is 125 Å². The highest BCUT2D eigenvalue weighted by Crippen LogP contribution is 2.27. The molecule has 1 heterocycles. The van der Waals surface area contributed by atoms with Crippen molar-refractivity contribution >= 4 is 22.4 Å². The highest BCUT2D eigenvalue weighted by Gasteiger charge is 2.20. The normalized spacial score (nSPS) is 11.0. The number of hydrogen-bond acceptors (Lipinski definition) is 3. The van der Waals surface area contributed by atoms with Crippen molar-refractivity contribution in [2.75, 3.05) is 5.32 Å². The van der Waals surface area contributed by atoms with E-state index in [0.717, 1.165) is 16.3 Å². The number of benzene rings is 4. The zero-order chi connectivity index (χ0) is 25.9. The number of aromatic nitrogens is 2. The summed E-state index contributed by atoms with van der Waals surface area (Å²) in [4.78, 5) is 12.6. The van der Waals surface area contributed by atoms with E-state index in [0.29, 0.717) is 23.4 Å². The second kappa shape index (κ2) is 10.1.